The fraction of sp³-hybridized carbons (Fsp3) is 0.455. The number of carbonyl (C=O) groups excluding carboxylic acids is 2. The number of benzene rings is 1. The van der Waals surface area contributed by atoms with E-state index >= 15 is 0 Å². The molecule has 1 aromatic heterocycles. The van der Waals surface area contributed by atoms with Crippen LogP contribution >= 0.6 is 11.3 Å². The van der Waals surface area contributed by atoms with Crippen LogP contribution in [0.5, 0.6) is 0 Å². The Hall–Kier alpha value is -2.18. The second-order valence-corrected chi connectivity index (χ2v) is 9.38. The van der Waals surface area contributed by atoms with E-state index in [4.69, 9.17) is 0 Å². The van der Waals surface area contributed by atoms with Gasteiger partial charge in [0.1, 0.15) is 0 Å². The number of likely N-dealkylation sites (N-methyl/N-ethyl adjacent to an activating group) is 1. The maximum Gasteiger partial charge on any atom is 0.240 e. The van der Waals surface area contributed by atoms with Gasteiger partial charge in [-0.2, -0.15) is 0 Å². The summed E-state index contributed by atoms with van der Waals surface area (Å²) < 4.78 is 0. The minimum atomic E-state index is -0.304. The zero-order chi connectivity index (χ0) is 20.3. The topological polar surface area (TPSA) is 52.7 Å². The number of amides is 2. The van der Waals surface area contributed by atoms with Gasteiger partial charge in [0, 0.05) is 24.0 Å². The number of hydrogen-bond acceptors (Lipinski definition) is 4. The Kier molecular flexibility index (Phi) is 6.20. The van der Waals surface area contributed by atoms with Gasteiger partial charge in [-0.15, -0.1) is 11.3 Å². The van der Waals surface area contributed by atoms with Crippen LogP contribution in [0, 0.1) is 0 Å². The number of rotatable bonds is 5. The zero-order valence-electron chi connectivity index (χ0n) is 17.1. The molecule has 0 radical (unpaired) electrons. The van der Waals surface area contributed by atoms with Gasteiger partial charge in [0.2, 0.25) is 11.8 Å². The second-order valence-electron chi connectivity index (χ2n) is 8.38. The highest BCUT2D eigenvalue weighted by Gasteiger charge is 2.31. The van der Waals surface area contributed by atoms with Gasteiger partial charge in [-0.3, -0.25) is 14.5 Å². The molecule has 5 nitrogen and oxygen atoms in total. The van der Waals surface area contributed by atoms with Gasteiger partial charge in [0.15, 0.2) is 0 Å². The van der Waals surface area contributed by atoms with Crippen molar-refractivity contribution < 1.29 is 9.59 Å². The molecule has 0 unspecified atom stereocenters. The van der Waals surface area contributed by atoms with Crippen LogP contribution in [0.25, 0.3) is 0 Å². The number of thiophene rings is 1. The lowest BCUT2D eigenvalue weighted by molar-refractivity contribution is -0.136. The van der Waals surface area contributed by atoms with Crippen molar-refractivity contribution in [2.45, 2.75) is 38.8 Å². The summed E-state index contributed by atoms with van der Waals surface area (Å²) in [6.07, 6.45) is 0.956. The maximum atomic E-state index is 12.8. The largest absolute Gasteiger partial charge is 0.350 e. The van der Waals surface area contributed by atoms with Crippen molar-refractivity contribution >= 4 is 23.2 Å². The Morgan fingerprint density at radius 3 is 2.61 bits per heavy atom. The number of carbonyl (C=O) groups is 2. The molecule has 150 valence electrons. The first kappa shape index (κ1) is 20.6. The van der Waals surface area contributed by atoms with Crippen LogP contribution in [0.15, 0.2) is 41.8 Å². The summed E-state index contributed by atoms with van der Waals surface area (Å²) in [4.78, 5) is 30.2. The average Bonchev–Trinajstić information content (AvgIpc) is 3.09. The normalized spacial score (nSPS) is 17.1. The smallest absolute Gasteiger partial charge is 0.240 e. The predicted molar refractivity (Wildman–Crippen MR) is 113 cm³/mol. The van der Waals surface area contributed by atoms with Gasteiger partial charge in [-0.05, 0) is 49.8 Å². The molecule has 0 saturated carbocycles. The highest BCUT2D eigenvalue weighted by Crippen LogP contribution is 2.37. The van der Waals surface area contributed by atoms with Crippen LogP contribution in [0.2, 0.25) is 0 Å². The number of fused-ring (bicyclic) bond motifs is 1. The molecule has 3 rings (SSSR count). The Morgan fingerprint density at radius 1 is 1.21 bits per heavy atom. The molecule has 6 heteroatoms. The van der Waals surface area contributed by atoms with E-state index in [1.165, 1.54) is 20.9 Å². The van der Waals surface area contributed by atoms with E-state index in [-0.39, 0.29) is 29.9 Å². The van der Waals surface area contributed by atoms with Gasteiger partial charge < -0.3 is 10.2 Å². The molecule has 0 fully saturated rings. The van der Waals surface area contributed by atoms with Crippen LogP contribution in [0.4, 0.5) is 0 Å². The van der Waals surface area contributed by atoms with Crippen LogP contribution in [-0.4, -0.2) is 53.8 Å². The van der Waals surface area contributed by atoms with E-state index in [0.717, 1.165) is 13.0 Å². The van der Waals surface area contributed by atoms with Crippen molar-refractivity contribution in [1.82, 2.24) is 15.1 Å². The first-order valence-corrected chi connectivity index (χ1v) is 10.5. The predicted octanol–water partition coefficient (Wildman–Crippen LogP) is 3.07. The van der Waals surface area contributed by atoms with Gasteiger partial charge >= 0.3 is 0 Å². The summed E-state index contributed by atoms with van der Waals surface area (Å²) in [7, 11) is 1.70. The number of hydrogen-bond donors (Lipinski definition) is 1. The monoisotopic (exact) mass is 399 g/mol. The van der Waals surface area contributed by atoms with E-state index in [9.17, 15) is 9.59 Å². The Bertz CT molecular complexity index is 826. The number of nitrogens with one attached hydrogen (secondary N) is 1. The fourth-order valence-electron chi connectivity index (χ4n) is 3.62. The first-order valence-electron chi connectivity index (χ1n) is 9.65. The van der Waals surface area contributed by atoms with E-state index in [0.29, 0.717) is 6.54 Å². The third-order valence-electron chi connectivity index (χ3n) is 4.84. The van der Waals surface area contributed by atoms with Crippen molar-refractivity contribution in [3.8, 4) is 0 Å². The van der Waals surface area contributed by atoms with Gasteiger partial charge in [0.05, 0.1) is 19.1 Å². The van der Waals surface area contributed by atoms with Crippen molar-refractivity contribution in [2.24, 2.45) is 0 Å². The molecule has 0 saturated heterocycles. The summed E-state index contributed by atoms with van der Waals surface area (Å²) in [5.41, 5.74) is 2.19. The van der Waals surface area contributed by atoms with Crippen LogP contribution in [-0.2, 0) is 16.0 Å². The summed E-state index contributed by atoms with van der Waals surface area (Å²) in [6.45, 7) is 7.01. The highest BCUT2D eigenvalue weighted by molar-refractivity contribution is 7.10. The van der Waals surface area contributed by atoms with Crippen molar-refractivity contribution in [1.29, 1.82) is 0 Å². The summed E-state index contributed by atoms with van der Waals surface area (Å²) >= 11 is 1.79. The minimum Gasteiger partial charge on any atom is -0.350 e. The zero-order valence-corrected chi connectivity index (χ0v) is 17.9. The molecular formula is C22H29N3O2S. The molecule has 2 heterocycles. The van der Waals surface area contributed by atoms with Crippen LogP contribution in [0.3, 0.4) is 0 Å². The Morgan fingerprint density at radius 2 is 1.93 bits per heavy atom. The first-order chi connectivity index (χ1) is 13.2. The Balaban J connectivity index is 1.71. The number of nitrogens with zero attached hydrogens (tertiary/aromatic N) is 2. The molecule has 0 spiro atoms. The minimum absolute atomic E-state index is 0.0383. The lowest BCUT2D eigenvalue weighted by Gasteiger charge is -2.36. The molecule has 0 bridgehead atoms. The van der Waals surface area contributed by atoms with E-state index < -0.39 is 0 Å². The lowest BCUT2D eigenvalue weighted by atomic mass is 9.93. The summed E-state index contributed by atoms with van der Waals surface area (Å²) in [6, 6.07) is 12.6. The molecule has 2 amide bonds. The van der Waals surface area contributed by atoms with Crippen molar-refractivity contribution in [3.05, 3.63) is 57.8 Å². The quantitative estimate of drug-likeness (QED) is 0.841. The Labute approximate surface area is 171 Å². The maximum absolute atomic E-state index is 12.8. The lowest BCUT2D eigenvalue weighted by Crippen LogP contribution is -2.48. The van der Waals surface area contributed by atoms with Crippen LogP contribution < -0.4 is 5.32 Å². The van der Waals surface area contributed by atoms with Crippen LogP contribution in [0.1, 0.15) is 42.8 Å². The molecule has 1 aliphatic rings. The molecule has 1 atom stereocenters. The third kappa shape index (κ3) is 5.00. The van der Waals surface area contributed by atoms with Gasteiger partial charge in [-0.25, -0.2) is 0 Å². The fourth-order valence-corrected chi connectivity index (χ4v) is 4.52. The summed E-state index contributed by atoms with van der Waals surface area (Å²) in [5.74, 6) is -0.176. The molecule has 2 aromatic rings. The van der Waals surface area contributed by atoms with Crippen molar-refractivity contribution in [3.63, 3.8) is 0 Å². The average molecular weight is 400 g/mol. The molecule has 0 aliphatic carbocycles. The molecule has 1 aromatic carbocycles. The van der Waals surface area contributed by atoms with E-state index in [1.807, 2.05) is 39.0 Å². The molecule has 28 heavy (non-hydrogen) atoms. The second kappa shape index (κ2) is 8.45. The third-order valence-corrected chi connectivity index (χ3v) is 5.84. The van der Waals surface area contributed by atoms with Crippen molar-refractivity contribution in [2.75, 3.05) is 26.7 Å². The molecule has 1 aliphatic heterocycles. The van der Waals surface area contributed by atoms with E-state index in [1.54, 1.807) is 18.4 Å². The highest BCUT2D eigenvalue weighted by atomic mass is 32.1. The molecular weight excluding hydrogens is 370 g/mol. The van der Waals surface area contributed by atoms with Gasteiger partial charge in [-0.1, -0.05) is 30.3 Å². The van der Waals surface area contributed by atoms with Gasteiger partial charge in [0.25, 0.3) is 0 Å². The molecule has 1 N–H and O–H groups in total. The standard InChI is InChI=1S/C22H29N3O2S/c1-22(2,3)23-19(26)14-24(4)20(27)15-25-12-10-18-17(11-13-28-18)21(25)16-8-6-5-7-9-16/h5-9,11,13,21H,10,12,14-15H2,1-4H3,(H,23,26)/t21-/m0/s1. The SMILES string of the molecule is CN(CC(=O)NC(C)(C)C)C(=O)CN1CCc2sccc2[C@@H]1c1ccccc1. The van der Waals surface area contributed by atoms with E-state index in [2.05, 4.69) is 33.8 Å². The summed E-state index contributed by atoms with van der Waals surface area (Å²) in [5, 5.41) is 5.04.